The van der Waals surface area contributed by atoms with E-state index in [1.807, 2.05) is 12.3 Å². The number of hydrogen-bond donors (Lipinski definition) is 0. The minimum Gasteiger partial charge on any atom is -0.454 e. The molecule has 0 saturated heterocycles. The average molecular weight is 641 g/mol. The van der Waals surface area contributed by atoms with Crippen molar-refractivity contribution in [3.8, 4) is 44.5 Å². The number of hydrogen-bond acceptors (Lipinski definition) is 3. The fraction of sp³-hybridized carbons (Fsp3) is 0. The molecule has 236 valence electrons. The van der Waals surface area contributed by atoms with Gasteiger partial charge in [0.15, 0.2) is 5.58 Å². The lowest BCUT2D eigenvalue weighted by atomic mass is 9.97. The third-order valence-corrected chi connectivity index (χ3v) is 9.40. The van der Waals surface area contributed by atoms with Crippen LogP contribution in [0, 0.1) is 0 Å². The molecule has 50 heavy (non-hydrogen) atoms. The SMILES string of the molecule is c1ccc(-c2ccc(N(c3ccc(-c4ccccc4)cc3)c3ccc(-c4cccc(-c5cccc6c5oc5cnccc56)c4)cc3)cc2)cc1. The minimum absolute atomic E-state index is 0.802. The number of aromatic nitrogens is 1. The van der Waals surface area contributed by atoms with Gasteiger partial charge >= 0.3 is 0 Å². The number of fused-ring (bicyclic) bond motifs is 3. The Hall–Kier alpha value is -6.71. The molecule has 0 aliphatic heterocycles. The molecule has 0 bridgehead atoms. The molecule has 0 aliphatic rings. The highest BCUT2D eigenvalue weighted by atomic mass is 16.3. The zero-order valence-electron chi connectivity index (χ0n) is 27.3. The van der Waals surface area contributed by atoms with Gasteiger partial charge in [-0.05, 0) is 87.5 Å². The third-order valence-electron chi connectivity index (χ3n) is 9.40. The quantitative estimate of drug-likeness (QED) is 0.174. The number of pyridine rings is 1. The van der Waals surface area contributed by atoms with Gasteiger partial charge in [0, 0.05) is 39.6 Å². The molecule has 0 N–H and O–H groups in total. The van der Waals surface area contributed by atoms with E-state index < -0.39 is 0 Å². The van der Waals surface area contributed by atoms with Crippen molar-refractivity contribution in [2.75, 3.05) is 4.90 Å². The second-order valence-electron chi connectivity index (χ2n) is 12.4. The largest absolute Gasteiger partial charge is 0.454 e. The molecule has 0 spiro atoms. The number of nitrogens with zero attached hydrogens (tertiary/aromatic N) is 2. The van der Waals surface area contributed by atoms with E-state index in [2.05, 4.69) is 186 Å². The molecule has 2 heterocycles. The molecule has 0 amide bonds. The predicted molar refractivity (Wildman–Crippen MR) is 208 cm³/mol. The van der Waals surface area contributed by atoms with E-state index in [1.165, 1.54) is 22.3 Å². The monoisotopic (exact) mass is 640 g/mol. The Morgan fingerprint density at radius 3 is 1.44 bits per heavy atom. The van der Waals surface area contributed by atoms with Crippen LogP contribution in [-0.2, 0) is 0 Å². The van der Waals surface area contributed by atoms with Crippen LogP contribution in [0.4, 0.5) is 17.1 Å². The summed E-state index contributed by atoms with van der Waals surface area (Å²) in [5, 5.41) is 2.18. The summed E-state index contributed by atoms with van der Waals surface area (Å²) in [7, 11) is 0. The van der Waals surface area contributed by atoms with Gasteiger partial charge in [-0.25, -0.2) is 0 Å². The molecule has 0 saturated carbocycles. The van der Waals surface area contributed by atoms with Crippen LogP contribution in [0.1, 0.15) is 0 Å². The summed E-state index contributed by atoms with van der Waals surface area (Å²) in [5.74, 6) is 0. The van der Waals surface area contributed by atoms with Crippen LogP contribution in [0.3, 0.4) is 0 Å². The normalized spacial score (nSPS) is 11.2. The Bertz CT molecular complexity index is 2470. The molecular formula is C47H32N2O. The van der Waals surface area contributed by atoms with Gasteiger partial charge in [-0.3, -0.25) is 4.98 Å². The molecule has 2 aromatic heterocycles. The van der Waals surface area contributed by atoms with Gasteiger partial charge in [-0.15, -0.1) is 0 Å². The first-order chi connectivity index (χ1) is 24.8. The fourth-order valence-electron chi connectivity index (χ4n) is 6.86. The van der Waals surface area contributed by atoms with Gasteiger partial charge in [0.1, 0.15) is 5.58 Å². The van der Waals surface area contributed by atoms with Crippen LogP contribution in [0.2, 0.25) is 0 Å². The first-order valence-corrected chi connectivity index (χ1v) is 16.9. The molecule has 9 aromatic rings. The molecule has 0 fully saturated rings. The molecular weight excluding hydrogens is 609 g/mol. The van der Waals surface area contributed by atoms with Gasteiger partial charge < -0.3 is 9.32 Å². The van der Waals surface area contributed by atoms with Crippen LogP contribution >= 0.6 is 0 Å². The lowest BCUT2D eigenvalue weighted by Crippen LogP contribution is -2.09. The molecule has 3 nitrogen and oxygen atoms in total. The number of para-hydroxylation sites is 1. The highest BCUT2D eigenvalue weighted by molar-refractivity contribution is 6.09. The van der Waals surface area contributed by atoms with Gasteiger partial charge in [0.25, 0.3) is 0 Å². The fourth-order valence-corrected chi connectivity index (χ4v) is 6.86. The Morgan fingerprint density at radius 2 is 0.860 bits per heavy atom. The van der Waals surface area contributed by atoms with E-state index >= 15 is 0 Å². The Balaban J connectivity index is 1.07. The minimum atomic E-state index is 0.802. The van der Waals surface area contributed by atoms with E-state index in [1.54, 1.807) is 6.20 Å². The molecule has 0 radical (unpaired) electrons. The highest BCUT2D eigenvalue weighted by Crippen LogP contribution is 2.39. The van der Waals surface area contributed by atoms with E-state index in [0.29, 0.717) is 0 Å². The molecule has 0 unspecified atom stereocenters. The van der Waals surface area contributed by atoms with E-state index in [0.717, 1.165) is 61.3 Å². The van der Waals surface area contributed by atoms with Crippen molar-refractivity contribution in [2.45, 2.75) is 0 Å². The Kier molecular flexibility index (Phi) is 7.49. The number of rotatable bonds is 7. The lowest BCUT2D eigenvalue weighted by Gasteiger charge is -2.26. The van der Waals surface area contributed by atoms with Gasteiger partial charge in [-0.2, -0.15) is 0 Å². The van der Waals surface area contributed by atoms with Gasteiger partial charge in [-0.1, -0.05) is 133 Å². The Morgan fingerprint density at radius 1 is 0.380 bits per heavy atom. The number of benzene rings is 7. The molecule has 9 rings (SSSR count). The molecule has 0 atom stereocenters. The standard InChI is InChI=1S/C47H32N2O/c1-3-9-33(10-4-1)35-17-23-40(24-18-35)49(41-25-19-36(20-26-41)34-11-5-2-6-12-34)42-27-21-37(22-28-42)38-13-7-14-39(31-38)43-15-8-16-45-44-29-30-48-32-46(44)50-47(43)45/h1-32H. The van der Waals surface area contributed by atoms with Crippen LogP contribution < -0.4 is 4.90 Å². The van der Waals surface area contributed by atoms with E-state index in [-0.39, 0.29) is 0 Å². The number of anilines is 3. The van der Waals surface area contributed by atoms with Crippen LogP contribution in [0.5, 0.6) is 0 Å². The van der Waals surface area contributed by atoms with Crippen molar-refractivity contribution >= 4 is 39.0 Å². The van der Waals surface area contributed by atoms with Crippen molar-refractivity contribution in [1.82, 2.24) is 4.98 Å². The molecule has 0 aliphatic carbocycles. The average Bonchev–Trinajstić information content (AvgIpc) is 3.59. The maximum atomic E-state index is 6.31. The summed E-state index contributed by atoms with van der Waals surface area (Å²) in [4.78, 5) is 6.58. The first kappa shape index (κ1) is 29.4. The van der Waals surface area contributed by atoms with Crippen molar-refractivity contribution in [2.24, 2.45) is 0 Å². The first-order valence-electron chi connectivity index (χ1n) is 16.9. The second-order valence-corrected chi connectivity index (χ2v) is 12.4. The molecule has 3 heteroatoms. The summed E-state index contributed by atoms with van der Waals surface area (Å²) in [6, 6.07) is 64.6. The van der Waals surface area contributed by atoms with Crippen molar-refractivity contribution in [3.05, 3.63) is 194 Å². The van der Waals surface area contributed by atoms with Gasteiger partial charge in [0.05, 0.1) is 6.20 Å². The lowest BCUT2D eigenvalue weighted by molar-refractivity contribution is 0.668. The Labute approximate surface area is 291 Å². The smallest absolute Gasteiger partial charge is 0.153 e. The van der Waals surface area contributed by atoms with Gasteiger partial charge in [0.2, 0.25) is 0 Å². The van der Waals surface area contributed by atoms with Crippen LogP contribution in [0.25, 0.3) is 66.4 Å². The third kappa shape index (κ3) is 5.51. The highest BCUT2D eigenvalue weighted by Gasteiger charge is 2.15. The van der Waals surface area contributed by atoms with Crippen molar-refractivity contribution in [1.29, 1.82) is 0 Å². The van der Waals surface area contributed by atoms with Crippen LogP contribution in [-0.4, -0.2) is 4.98 Å². The topological polar surface area (TPSA) is 29.3 Å². The molecule has 7 aromatic carbocycles. The van der Waals surface area contributed by atoms with Crippen molar-refractivity contribution < 1.29 is 4.42 Å². The summed E-state index contributed by atoms with van der Waals surface area (Å²) < 4.78 is 6.31. The number of furan rings is 1. The van der Waals surface area contributed by atoms with Crippen molar-refractivity contribution in [3.63, 3.8) is 0 Å². The predicted octanol–water partition coefficient (Wildman–Crippen LogP) is 13.1. The maximum Gasteiger partial charge on any atom is 0.153 e. The summed E-state index contributed by atoms with van der Waals surface area (Å²) in [5.41, 5.74) is 14.3. The zero-order chi connectivity index (χ0) is 33.3. The van der Waals surface area contributed by atoms with Crippen LogP contribution in [0.15, 0.2) is 199 Å². The zero-order valence-corrected chi connectivity index (χ0v) is 27.3. The summed E-state index contributed by atoms with van der Waals surface area (Å²) >= 11 is 0. The second kappa shape index (κ2) is 12.7. The van der Waals surface area contributed by atoms with E-state index in [4.69, 9.17) is 4.42 Å². The summed E-state index contributed by atoms with van der Waals surface area (Å²) in [6.07, 6.45) is 3.60. The maximum absolute atomic E-state index is 6.31. The van der Waals surface area contributed by atoms with E-state index in [9.17, 15) is 0 Å². The summed E-state index contributed by atoms with van der Waals surface area (Å²) in [6.45, 7) is 0.